The first kappa shape index (κ1) is 9.94. The summed E-state index contributed by atoms with van der Waals surface area (Å²) in [5.41, 5.74) is 0. The van der Waals surface area contributed by atoms with Gasteiger partial charge < -0.3 is 4.74 Å². The molecule has 13 heavy (non-hydrogen) atoms. The van der Waals surface area contributed by atoms with Crippen LogP contribution in [0.25, 0.3) is 0 Å². The van der Waals surface area contributed by atoms with Crippen LogP contribution in [-0.2, 0) is 14.3 Å². The fraction of sp³-hybridized carbons (Fsp3) is 0.286. The van der Waals surface area contributed by atoms with Gasteiger partial charge in [0.1, 0.15) is 0 Å². The van der Waals surface area contributed by atoms with Gasteiger partial charge in [-0.05, 0) is 6.07 Å². The van der Waals surface area contributed by atoms with Crippen LogP contribution in [0.4, 0.5) is 0 Å². The lowest BCUT2D eigenvalue weighted by molar-refractivity contribution is 0.122. The van der Waals surface area contributed by atoms with Crippen LogP contribution in [0.15, 0.2) is 24.4 Å². The number of ether oxygens (including phenoxy) is 1. The number of nitrogens with zero attached hydrogens (tertiary/aromatic N) is 1. The maximum absolute atomic E-state index is 10.5. The van der Waals surface area contributed by atoms with Crippen molar-refractivity contribution in [1.82, 2.24) is 4.98 Å². The molecule has 1 aromatic heterocycles. The van der Waals surface area contributed by atoms with E-state index in [0.717, 1.165) is 6.26 Å². The molecule has 0 fully saturated rings. The molecule has 0 unspecified atom stereocenters. The average Bonchev–Trinajstić information content (AvgIpc) is 2.04. The molecule has 0 bridgehead atoms. The van der Waals surface area contributed by atoms with Gasteiger partial charge in [0.25, 0.3) is 10.1 Å². The molecule has 0 aliphatic heterocycles. The number of hydrogen-bond donors (Lipinski definition) is 0. The Kier molecular flexibility index (Phi) is 3.21. The zero-order chi connectivity index (χ0) is 9.73. The molecule has 0 N–H and O–H groups in total. The minimum absolute atomic E-state index is 0.325. The van der Waals surface area contributed by atoms with Crippen molar-refractivity contribution in [3.05, 3.63) is 24.4 Å². The predicted octanol–water partition coefficient (Wildman–Crippen LogP) is 0.394. The SMILES string of the molecule is CS(=O)(=O)OCOc1ccccn1. The molecular formula is C7H9NO4S. The number of pyridine rings is 1. The summed E-state index contributed by atoms with van der Waals surface area (Å²) in [5, 5.41) is 0. The Bertz CT molecular complexity index is 348. The minimum Gasteiger partial charge on any atom is -0.449 e. The molecule has 0 atom stereocenters. The van der Waals surface area contributed by atoms with Gasteiger partial charge in [-0.15, -0.1) is 0 Å². The summed E-state index contributed by atoms with van der Waals surface area (Å²) in [4.78, 5) is 3.80. The van der Waals surface area contributed by atoms with E-state index in [1.165, 1.54) is 6.20 Å². The van der Waals surface area contributed by atoms with E-state index in [4.69, 9.17) is 4.74 Å². The van der Waals surface area contributed by atoms with E-state index in [1.807, 2.05) is 0 Å². The van der Waals surface area contributed by atoms with Crippen LogP contribution in [-0.4, -0.2) is 26.5 Å². The summed E-state index contributed by atoms with van der Waals surface area (Å²) in [7, 11) is -3.45. The lowest BCUT2D eigenvalue weighted by atomic mass is 10.5. The van der Waals surface area contributed by atoms with Crippen LogP contribution < -0.4 is 4.74 Å². The van der Waals surface area contributed by atoms with Crippen molar-refractivity contribution in [3.63, 3.8) is 0 Å². The van der Waals surface area contributed by atoms with Crippen molar-refractivity contribution in [1.29, 1.82) is 0 Å². The molecule has 6 heteroatoms. The van der Waals surface area contributed by atoms with Gasteiger partial charge in [-0.2, -0.15) is 8.42 Å². The van der Waals surface area contributed by atoms with E-state index >= 15 is 0 Å². The van der Waals surface area contributed by atoms with Crippen molar-refractivity contribution in [2.24, 2.45) is 0 Å². The molecule has 1 aromatic rings. The first-order chi connectivity index (χ1) is 6.08. The first-order valence-electron chi connectivity index (χ1n) is 3.46. The number of hydrogen-bond acceptors (Lipinski definition) is 5. The molecule has 0 aliphatic rings. The fourth-order valence-electron chi connectivity index (χ4n) is 0.604. The maximum Gasteiger partial charge on any atom is 0.267 e. The second-order valence-corrected chi connectivity index (χ2v) is 3.90. The van der Waals surface area contributed by atoms with Crippen LogP contribution in [0.5, 0.6) is 5.88 Å². The Balaban J connectivity index is 2.37. The molecule has 0 spiro atoms. The van der Waals surface area contributed by atoms with E-state index in [9.17, 15) is 8.42 Å². The largest absolute Gasteiger partial charge is 0.449 e. The third-order valence-electron chi connectivity index (χ3n) is 1.11. The highest BCUT2D eigenvalue weighted by atomic mass is 32.2. The molecule has 5 nitrogen and oxygen atoms in total. The fourth-order valence-corrected chi connectivity index (χ4v) is 0.827. The second-order valence-electron chi connectivity index (χ2n) is 2.25. The Morgan fingerprint density at radius 3 is 2.77 bits per heavy atom. The van der Waals surface area contributed by atoms with Gasteiger partial charge >= 0.3 is 0 Å². The van der Waals surface area contributed by atoms with Gasteiger partial charge in [0.15, 0.2) is 0 Å². The summed E-state index contributed by atoms with van der Waals surface area (Å²) < 4.78 is 30.2. The normalized spacial score (nSPS) is 11.2. The van der Waals surface area contributed by atoms with Gasteiger partial charge in [0.05, 0.1) is 6.26 Å². The van der Waals surface area contributed by atoms with E-state index in [0.29, 0.717) is 5.88 Å². The molecule has 0 aliphatic carbocycles. The van der Waals surface area contributed by atoms with Crippen LogP contribution in [0, 0.1) is 0 Å². The standard InChI is InChI=1S/C7H9NO4S/c1-13(9,10)12-6-11-7-4-2-3-5-8-7/h2-5H,6H2,1H3. The minimum atomic E-state index is -3.45. The highest BCUT2D eigenvalue weighted by Gasteiger charge is 2.01. The van der Waals surface area contributed by atoms with Gasteiger partial charge in [-0.3, -0.25) is 0 Å². The summed E-state index contributed by atoms with van der Waals surface area (Å²) in [6.07, 6.45) is 2.49. The van der Waals surface area contributed by atoms with E-state index < -0.39 is 10.1 Å². The summed E-state index contributed by atoms with van der Waals surface area (Å²) in [6, 6.07) is 5.05. The predicted molar refractivity (Wildman–Crippen MR) is 45.7 cm³/mol. The van der Waals surface area contributed by atoms with Crippen LogP contribution >= 0.6 is 0 Å². The lowest BCUT2D eigenvalue weighted by Crippen LogP contribution is -2.09. The molecular weight excluding hydrogens is 194 g/mol. The number of aromatic nitrogens is 1. The van der Waals surface area contributed by atoms with E-state index in [1.54, 1.807) is 18.2 Å². The molecule has 0 aromatic carbocycles. The molecule has 0 radical (unpaired) electrons. The van der Waals surface area contributed by atoms with Crippen molar-refractivity contribution >= 4 is 10.1 Å². The average molecular weight is 203 g/mol. The highest BCUT2D eigenvalue weighted by molar-refractivity contribution is 7.85. The quantitative estimate of drug-likeness (QED) is 0.523. The van der Waals surface area contributed by atoms with Gasteiger partial charge in [-0.1, -0.05) is 6.07 Å². The van der Waals surface area contributed by atoms with Crippen molar-refractivity contribution < 1.29 is 17.3 Å². The molecule has 72 valence electrons. The summed E-state index contributed by atoms with van der Waals surface area (Å²) in [5.74, 6) is 0.325. The first-order valence-corrected chi connectivity index (χ1v) is 5.28. The Morgan fingerprint density at radius 1 is 1.46 bits per heavy atom. The zero-order valence-electron chi connectivity index (χ0n) is 7.00. The van der Waals surface area contributed by atoms with E-state index in [2.05, 4.69) is 9.17 Å². The Labute approximate surface area is 76.4 Å². The third kappa shape index (κ3) is 4.44. The van der Waals surface area contributed by atoms with Crippen LogP contribution in [0.1, 0.15) is 0 Å². The maximum atomic E-state index is 10.5. The second kappa shape index (κ2) is 4.20. The van der Waals surface area contributed by atoms with E-state index in [-0.39, 0.29) is 6.79 Å². The highest BCUT2D eigenvalue weighted by Crippen LogP contribution is 2.03. The molecule has 1 rings (SSSR count). The van der Waals surface area contributed by atoms with Crippen molar-refractivity contribution in [3.8, 4) is 5.88 Å². The summed E-state index contributed by atoms with van der Waals surface area (Å²) in [6.45, 7) is -0.351. The summed E-state index contributed by atoms with van der Waals surface area (Å²) >= 11 is 0. The monoisotopic (exact) mass is 203 g/mol. The lowest BCUT2D eigenvalue weighted by Gasteiger charge is -2.02. The van der Waals surface area contributed by atoms with Crippen molar-refractivity contribution in [2.75, 3.05) is 13.0 Å². The van der Waals surface area contributed by atoms with Crippen LogP contribution in [0.2, 0.25) is 0 Å². The molecule has 0 amide bonds. The molecule has 0 saturated carbocycles. The topological polar surface area (TPSA) is 65.5 Å². The smallest absolute Gasteiger partial charge is 0.267 e. The third-order valence-corrected chi connectivity index (χ3v) is 1.63. The Hall–Kier alpha value is -1.14. The number of rotatable bonds is 4. The van der Waals surface area contributed by atoms with Gasteiger partial charge in [-0.25, -0.2) is 9.17 Å². The Morgan fingerprint density at radius 2 is 2.23 bits per heavy atom. The molecule has 1 heterocycles. The van der Waals surface area contributed by atoms with Crippen LogP contribution in [0.3, 0.4) is 0 Å². The van der Waals surface area contributed by atoms with Crippen molar-refractivity contribution in [2.45, 2.75) is 0 Å². The zero-order valence-corrected chi connectivity index (χ0v) is 7.82. The molecule has 0 saturated heterocycles. The van der Waals surface area contributed by atoms with Gasteiger partial charge in [0, 0.05) is 12.3 Å². The van der Waals surface area contributed by atoms with Gasteiger partial charge in [0.2, 0.25) is 12.7 Å².